The van der Waals surface area contributed by atoms with E-state index in [0.29, 0.717) is 19.1 Å². The summed E-state index contributed by atoms with van der Waals surface area (Å²) in [6.45, 7) is 4.36. The van der Waals surface area contributed by atoms with Crippen LogP contribution in [0.2, 0.25) is 0 Å². The molecule has 3 aromatic heterocycles. The first kappa shape index (κ1) is 20.3. The average molecular weight is 442 g/mol. The van der Waals surface area contributed by atoms with Crippen LogP contribution in [0.1, 0.15) is 37.4 Å². The minimum atomic E-state index is -0.0339. The van der Waals surface area contributed by atoms with E-state index in [1.54, 1.807) is 22.9 Å². The first-order chi connectivity index (χ1) is 15.2. The first-order valence-corrected chi connectivity index (χ1v) is 11.8. The molecule has 10 heteroatoms. The van der Waals surface area contributed by atoms with E-state index >= 15 is 0 Å². The van der Waals surface area contributed by atoms with Crippen molar-refractivity contribution < 1.29 is 4.79 Å². The average Bonchev–Trinajstić information content (AvgIpc) is 3.50. The molecule has 5 rings (SSSR count). The van der Waals surface area contributed by atoms with Crippen LogP contribution in [0.4, 0.5) is 5.82 Å². The highest BCUT2D eigenvalue weighted by molar-refractivity contribution is 7.15. The third-order valence-corrected chi connectivity index (χ3v) is 6.94. The highest BCUT2D eigenvalue weighted by Gasteiger charge is 2.23. The third-order valence-electron chi connectivity index (χ3n) is 6.18. The maximum Gasteiger partial charge on any atom is 0.258 e. The van der Waals surface area contributed by atoms with Crippen molar-refractivity contribution in [3.8, 4) is 0 Å². The number of nitrogens with one attached hydrogen (secondary N) is 1. The molecule has 0 bridgehead atoms. The Kier molecular flexibility index (Phi) is 5.84. The summed E-state index contributed by atoms with van der Waals surface area (Å²) in [7, 11) is 0. The Bertz CT molecular complexity index is 1110. The molecule has 1 N–H and O–H groups in total. The molecular weight excluding hydrogens is 414 g/mol. The van der Waals surface area contributed by atoms with Crippen molar-refractivity contribution in [3.05, 3.63) is 46.0 Å². The molecule has 9 nitrogen and oxygen atoms in total. The molecule has 1 amide bonds. The fourth-order valence-corrected chi connectivity index (χ4v) is 5.28. The third kappa shape index (κ3) is 4.56. The van der Waals surface area contributed by atoms with Gasteiger partial charge >= 0.3 is 0 Å². The van der Waals surface area contributed by atoms with Crippen LogP contribution in [0.25, 0.3) is 4.96 Å². The quantitative estimate of drug-likeness (QED) is 0.628. The number of rotatable bonds is 6. The number of carbonyl (C=O) groups is 1. The van der Waals surface area contributed by atoms with Crippen molar-refractivity contribution in [2.45, 2.75) is 38.3 Å². The van der Waals surface area contributed by atoms with E-state index in [4.69, 9.17) is 0 Å². The van der Waals surface area contributed by atoms with Crippen LogP contribution in [0, 0.1) is 0 Å². The van der Waals surface area contributed by atoms with Crippen molar-refractivity contribution in [1.82, 2.24) is 29.0 Å². The van der Waals surface area contributed by atoms with Crippen LogP contribution in [0.15, 0.2) is 34.7 Å². The fourth-order valence-electron chi connectivity index (χ4n) is 4.54. The highest BCUT2D eigenvalue weighted by Crippen LogP contribution is 2.31. The molecule has 1 aliphatic carbocycles. The molecule has 3 aromatic rings. The minimum Gasteiger partial charge on any atom is -0.310 e. The van der Waals surface area contributed by atoms with Gasteiger partial charge in [-0.05, 0) is 12.8 Å². The van der Waals surface area contributed by atoms with Gasteiger partial charge in [0.15, 0.2) is 4.96 Å². The van der Waals surface area contributed by atoms with E-state index in [1.165, 1.54) is 24.2 Å². The molecule has 2 fully saturated rings. The molecule has 1 saturated carbocycles. The van der Waals surface area contributed by atoms with E-state index in [9.17, 15) is 9.59 Å². The summed E-state index contributed by atoms with van der Waals surface area (Å²) in [5.74, 6) is 0.808. The van der Waals surface area contributed by atoms with Gasteiger partial charge < -0.3 is 5.32 Å². The normalized spacial score (nSPS) is 18.7. The summed E-state index contributed by atoms with van der Waals surface area (Å²) in [6, 6.07) is 3.91. The van der Waals surface area contributed by atoms with Gasteiger partial charge in [-0.25, -0.2) is 9.67 Å². The zero-order valence-electron chi connectivity index (χ0n) is 17.4. The molecule has 0 atom stereocenters. The number of nitrogens with zero attached hydrogens (tertiary/aromatic N) is 6. The van der Waals surface area contributed by atoms with Gasteiger partial charge in [0.05, 0.1) is 24.5 Å². The van der Waals surface area contributed by atoms with Crippen LogP contribution in [-0.4, -0.2) is 67.6 Å². The molecule has 1 saturated heterocycles. The van der Waals surface area contributed by atoms with Gasteiger partial charge in [-0.1, -0.05) is 12.8 Å². The SMILES string of the molecule is O=C(CN1CCN(Cc2cc(=O)n3ccsc3n2)CC1)Nc1ccnn1C1CCCC1. The summed E-state index contributed by atoms with van der Waals surface area (Å²) in [4.78, 5) is 34.6. The van der Waals surface area contributed by atoms with Crippen molar-refractivity contribution in [3.63, 3.8) is 0 Å². The number of thiazole rings is 1. The van der Waals surface area contributed by atoms with Crippen LogP contribution >= 0.6 is 11.3 Å². The molecule has 4 heterocycles. The number of anilines is 1. The maximum absolute atomic E-state index is 12.6. The summed E-state index contributed by atoms with van der Waals surface area (Å²) in [5.41, 5.74) is 0.771. The molecular formula is C21H27N7O2S. The summed E-state index contributed by atoms with van der Waals surface area (Å²) < 4.78 is 3.55. The zero-order chi connectivity index (χ0) is 21.2. The summed E-state index contributed by atoms with van der Waals surface area (Å²) in [5, 5.41) is 9.34. The molecule has 31 heavy (non-hydrogen) atoms. The van der Waals surface area contributed by atoms with Gasteiger partial charge in [0.2, 0.25) is 5.91 Å². The fraction of sp³-hybridized carbons (Fsp3) is 0.524. The first-order valence-electron chi connectivity index (χ1n) is 10.9. The molecule has 0 aromatic carbocycles. The highest BCUT2D eigenvalue weighted by atomic mass is 32.1. The monoisotopic (exact) mass is 441 g/mol. The molecule has 2 aliphatic rings. The van der Waals surface area contributed by atoms with Gasteiger partial charge in [-0.2, -0.15) is 5.10 Å². The van der Waals surface area contributed by atoms with Crippen molar-refractivity contribution in [2.24, 2.45) is 0 Å². The topological polar surface area (TPSA) is 87.8 Å². The smallest absolute Gasteiger partial charge is 0.258 e. The Morgan fingerprint density at radius 1 is 1.16 bits per heavy atom. The number of carbonyl (C=O) groups excluding carboxylic acids is 1. The Hall–Kier alpha value is -2.56. The lowest BCUT2D eigenvalue weighted by molar-refractivity contribution is -0.117. The Morgan fingerprint density at radius 3 is 2.74 bits per heavy atom. The second-order valence-electron chi connectivity index (χ2n) is 8.34. The van der Waals surface area contributed by atoms with Crippen LogP contribution in [0.5, 0.6) is 0 Å². The van der Waals surface area contributed by atoms with Crippen LogP contribution in [0.3, 0.4) is 0 Å². The van der Waals surface area contributed by atoms with E-state index in [0.717, 1.165) is 55.5 Å². The number of hydrogen-bond donors (Lipinski definition) is 1. The second-order valence-corrected chi connectivity index (χ2v) is 9.21. The summed E-state index contributed by atoms with van der Waals surface area (Å²) >= 11 is 1.47. The molecule has 1 aliphatic heterocycles. The zero-order valence-corrected chi connectivity index (χ0v) is 18.3. The maximum atomic E-state index is 12.6. The standard InChI is InChI=1S/C21H27N7O2S/c29-19(24-18-5-6-22-28(18)17-3-1-2-4-17)15-26-9-7-25(8-10-26)14-16-13-20(30)27-11-12-31-21(27)23-16/h5-6,11-13,17H,1-4,7-10,14-15H2,(H,24,29). The largest absolute Gasteiger partial charge is 0.310 e. The number of aromatic nitrogens is 4. The molecule has 164 valence electrons. The van der Waals surface area contributed by atoms with E-state index < -0.39 is 0 Å². The number of hydrogen-bond acceptors (Lipinski definition) is 7. The van der Waals surface area contributed by atoms with Crippen LogP contribution in [-0.2, 0) is 11.3 Å². The minimum absolute atomic E-state index is 0.00559. The lowest BCUT2D eigenvalue weighted by atomic mass is 10.2. The molecule has 0 spiro atoms. The lowest BCUT2D eigenvalue weighted by Crippen LogP contribution is -2.48. The van der Waals surface area contributed by atoms with Gasteiger partial charge in [-0.15, -0.1) is 11.3 Å². The molecule has 0 unspecified atom stereocenters. The second kappa shape index (κ2) is 8.89. The van der Waals surface area contributed by atoms with Gasteiger partial charge in [0.25, 0.3) is 5.56 Å². The number of amides is 1. The van der Waals surface area contributed by atoms with Gasteiger partial charge in [0, 0.05) is 56.4 Å². The van der Waals surface area contributed by atoms with Crippen molar-refractivity contribution in [1.29, 1.82) is 0 Å². The molecule has 0 radical (unpaired) electrons. The van der Waals surface area contributed by atoms with Gasteiger partial charge in [0.1, 0.15) is 5.82 Å². The van der Waals surface area contributed by atoms with E-state index in [1.807, 2.05) is 16.1 Å². The Balaban J connectivity index is 1.12. The van der Waals surface area contributed by atoms with Crippen molar-refractivity contribution in [2.75, 3.05) is 38.0 Å². The predicted octanol–water partition coefficient (Wildman–Crippen LogP) is 1.82. The number of piperazine rings is 1. The Morgan fingerprint density at radius 2 is 1.94 bits per heavy atom. The summed E-state index contributed by atoms with van der Waals surface area (Å²) in [6.07, 6.45) is 8.24. The van der Waals surface area contributed by atoms with E-state index in [-0.39, 0.29) is 11.5 Å². The predicted molar refractivity (Wildman–Crippen MR) is 119 cm³/mol. The number of fused-ring (bicyclic) bond motifs is 1. The lowest BCUT2D eigenvalue weighted by Gasteiger charge is -2.34. The van der Waals surface area contributed by atoms with Gasteiger partial charge in [-0.3, -0.25) is 23.8 Å². The van der Waals surface area contributed by atoms with Crippen LogP contribution < -0.4 is 10.9 Å². The Labute approximate surface area is 184 Å². The van der Waals surface area contributed by atoms with Crippen molar-refractivity contribution >= 4 is 28.0 Å². The van der Waals surface area contributed by atoms with E-state index in [2.05, 4.69) is 25.2 Å².